The quantitative estimate of drug-likeness (QED) is 0.0465. The first kappa shape index (κ1) is 77.3. The Kier molecular flexibility index (Phi) is 23.1. The maximum atomic E-state index is 14.8. The number of thiazole rings is 3. The summed E-state index contributed by atoms with van der Waals surface area (Å²) in [5, 5.41) is 29.7. The second-order valence-corrected chi connectivity index (χ2v) is 30.5. The molecule has 117 heavy (non-hydrogen) atoms. The standard InChI is InChI=1S/C28H27FN8O2S.C27H24FN7O3S.C27H24FN7O2S/c1-35-9-11-37(12-10-35)19-3-5-24-26(13-19)40-28(33-24)34-27(38)32-23-6-4-20(14-22(23)29)39-21-7-8-30-25(15-21)18-16-31-36(2)17-18;1-34-16-17(15-30-34)24-14-20(6-7-29-24)38-19-3-5-22(21(28)13-19)31-26(36)33-27-32-23-4-2-18(12-25(23)39-27)35-8-10-37-11-9-35;1-34-16-17(15-30-34)23-14-20(8-9-29-23)37-24-7-4-18(12-21(24)28)31-26(36)33-27-32-22-6-5-19(13-25(22)38-27)35-10-2-3-11-35/h3-8,13-17H,9-12H2,1-2H3,(H2,32,33,34,38);2-7,12-16H,8-11H2,1H3,(H2,31,32,33,36);4-9,12-16H,2-3,10-11H2,1H3,(H2,31,32,33,36). The molecule has 0 aliphatic carbocycles. The fourth-order valence-electron chi connectivity index (χ4n) is 13.1. The van der Waals surface area contributed by atoms with E-state index in [1.165, 1.54) is 88.9 Å². The Hall–Kier alpha value is -13.6. The molecule has 594 valence electrons. The van der Waals surface area contributed by atoms with Crippen LogP contribution in [-0.4, -0.2) is 155 Å². The smallest absolute Gasteiger partial charge is 0.325 e. The van der Waals surface area contributed by atoms with Gasteiger partial charge < -0.3 is 54.5 Å². The van der Waals surface area contributed by atoms with E-state index in [1.54, 1.807) is 106 Å². The molecule has 0 unspecified atom stereocenters. The number of ether oxygens (including phenoxy) is 4. The molecule has 18 rings (SSSR count). The summed E-state index contributed by atoms with van der Waals surface area (Å²) < 4.78 is 75.2. The van der Waals surface area contributed by atoms with Crippen LogP contribution in [0.4, 0.5) is 77.1 Å². The third-order valence-corrected chi connectivity index (χ3v) is 21.8. The molecule has 9 aromatic heterocycles. The van der Waals surface area contributed by atoms with Crippen LogP contribution in [0.3, 0.4) is 0 Å². The van der Waals surface area contributed by atoms with Gasteiger partial charge in [-0.25, -0.2) is 42.5 Å². The zero-order chi connectivity index (χ0) is 80.5. The molecule has 15 aromatic rings. The highest BCUT2D eigenvalue weighted by molar-refractivity contribution is 7.23. The maximum absolute atomic E-state index is 14.8. The zero-order valence-electron chi connectivity index (χ0n) is 63.4. The topological polar surface area (TPSA) is 304 Å². The van der Waals surface area contributed by atoms with Crippen LogP contribution in [0.2, 0.25) is 0 Å². The van der Waals surface area contributed by atoms with Crippen molar-refractivity contribution in [2.24, 2.45) is 21.1 Å². The Bertz CT molecular complexity index is 6110. The number of carbonyl (C=O) groups excluding carboxylic acids is 3. The Morgan fingerprint density at radius 2 is 0.786 bits per heavy atom. The first-order chi connectivity index (χ1) is 56.9. The van der Waals surface area contributed by atoms with Crippen LogP contribution in [0.25, 0.3) is 64.4 Å². The number of halogens is 3. The van der Waals surface area contributed by atoms with Gasteiger partial charge in [0.1, 0.15) is 40.4 Å². The molecular formula is C82H75F3N22O7S3. The summed E-state index contributed by atoms with van der Waals surface area (Å²) in [6.45, 7) is 9.19. The molecule has 3 fully saturated rings. The molecule has 0 atom stereocenters. The van der Waals surface area contributed by atoms with E-state index in [4.69, 9.17) is 18.9 Å². The third kappa shape index (κ3) is 19.4. The molecule has 0 bridgehead atoms. The number of likely N-dealkylation sites (N-methyl/N-ethyl adjacent to an activating group) is 1. The summed E-state index contributed by atoms with van der Waals surface area (Å²) in [5.74, 6) is 0.140. The molecule has 6 amide bonds. The van der Waals surface area contributed by atoms with Crippen LogP contribution in [0, 0.1) is 17.5 Å². The van der Waals surface area contributed by atoms with Gasteiger partial charge in [-0.2, -0.15) is 15.3 Å². The minimum Gasteiger partial charge on any atom is -0.457 e. The summed E-state index contributed by atoms with van der Waals surface area (Å²) in [6, 6.07) is 39.5. The van der Waals surface area contributed by atoms with Crippen molar-refractivity contribution in [1.82, 2.24) is 64.1 Å². The highest BCUT2D eigenvalue weighted by Crippen LogP contribution is 2.37. The van der Waals surface area contributed by atoms with E-state index in [1.807, 2.05) is 64.0 Å². The van der Waals surface area contributed by atoms with E-state index in [0.29, 0.717) is 62.9 Å². The Labute approximate surface area is 679 Å². The number of amides is 6. The number of nitrogens with zero attached hydrogens (tertiary/aromatic N) is 16. The second-order valence-electron chi connectivity index (χ2n) is 27.4. The lowest BCUT2D eigenvalue weighted by Gasteiger charge is -2.34. The van der Waals surface area contributed by atoms with Crippen molar-refractivity contribution >= 4 is 132 Å². The number of piperazine rings is 1. The number of hydrogen-bond donors (Lipinski definition) is 6. The number of hydrogen-bond acceptors (Lipinski definition) is 23. The summed E-state index contributed by atoms with van der Waals surface area (Å²) in [5.41, 5.74) is 10.7. The van der Waals surface area contributed by atoms with Crippen molar-refractivity contribution in [3.05, 3.63) is 219 Å². The number of fused-ring (bicyclic) bond motifs is 3. The van der Waals surface area contributed by atoms with Crippen LogP contribution in [0.1, 0.15) is 12.8 Å². The number of urea groups is 3. The van der Waals surface area contributed by atoms with Crippen molar-refractivity contribution in [3.63, 3.8) is 0 Å². The SMILES string of the molecule is CN1CCN(c2ccc3nc(NC(=O)Nc4ccc(Oc5ccnc(-c6cnn(C)c6)c5)cc4F)sc3c2)CC1.Cn1cc(-c2cc(Oc3ccc(NC(=O)Nc4nc5ccc(N6CCCC6)cc5s4)cc3F)ccn2)cn1.Cn1cc(-c2cc(Oc3ccc(NC(=O)Nc4nc5ccc(N6CCOCC6)cc5s4)c(F)c3)ccn2)cn1. The molecule has 0 spiro atoms. The minimum atomic E-state index is -0.636. The van der Waals surface area contributed by atoms with E-state index in [9.17, 15) is 27.6 Å². The lowest BCUT2D eigenvalue weighted by molar-refractivity contribution is 0.122. The number of carbonyl (C=O) groups is 3. The molecule has 35 heteroatoms. The van der Waals surface area contributed by atoms with Gasteiger partial charge in [-0.05, 0) is 129 Å². The van der Waals surface area contributed by atoms with Crippen LogP contribution in [-0.2, 0) is 25.9 Å². The van der Waals surface area contributed by atoms with Gasteiger partial charge in [-0.3, -0.25) is 44.9 Å². The summed E-state index contributed by atoms with van der Waals surface area (Å²) in [6.07, 6.45) is 17.8. The Morgan fingerprint density at radius 1 is 0.393 bits per heavy atom. The van der Waals surface area contributed by atoms with Crippen molar-refractivity contribution in [3.8, 4) is 68.3 Å². The van der Waals surface area contributed by atoms with Crippen LogP contribution >= 0.6 is 34.0 Å². The summed E-state index contributed by atoms with van der Waals surface area (Å²) in [4.78, 5) is 73.5. The second kappa shape index (κ2) is 35.0. The maximum Gasteiger partial charge on any atom is 0.325 e. The molecule has 6 N–H and O–H groups in total. The first-order valence-corrected chi connectivity index (χ1v) is 39.6. The summed E-state index contributed by atoms with van der Waals surface area (Å²) in [7, 11) is 7.60. The number of pyridine rings is 3. The van der Waals surface area contributed by atoms with Gasteiger partial charge in [-0.1, -0.05) is 34.0 Å². The number of benzene rings is 6. The normalized spacial score (nSPS) is 13.5. The minimum absolute atomic E-state index is 0.0151. The van der Waals surface area contributed by atoms with Gasteiger partial charge in [0.05, 0.1) is 90.9 Å². The van der Waals surface area contributed by atoms with E-state index in [0.717, 1.165) is 111 Å². The number of anilines is 9. The summed E-state index contributed by atoms with van der Waals surface area (Å²) >= 11 is 4.14. The molecule has 29 nitrogen and oxygen atoms in total. The van der Waals surface area contributed by atoms with Crippen molar-refractivity contribution in [1.29, 1.82) is 0 Å². The van der Waals surface area contributed by atoms with Gasteiger partial charge in [0.2, 0.25) is 0 Å². The van der Waals surface area contributed by atoms with Gasteiger partial charge >= 0.3 is 18.1 Å². The Balaban J connectivity index is 0.000000131. The number of aromatic nitrogens is 12. The van der Waals surface area contributed by atoms with Gasteiger partial charge in [-0.15, -0.1) is 0 Å². The van der Waals surface area contributed by atoms with Crippen molar-refractivity contribution in [2.75, 3.05) is 119 Å². The number of morpholine rings is 1. The molecule has 0 radical (unpaired) electrons. The largest absolute Gasteiger partial charge is 0.457 e. The monoisotopic (exact) mass is 1630 g/mol. The third-order valence-electron chi connectivity index (χ3n) is 19.0. The van der Waals surface area contributed by atoms with Crippen molar-refractivity contribution < 1.29 is 46.5 Å². The predicted octanol–water partition coefficient (Wildman–Crippen LogP) is 17.2. The highest BCUT2D eigenvalue weighted by Gasteiger charge is 2.22. The van der Waals surface area contributed by atoms with E-state index >= 15 is 0 Å². The number of rotatable bonds is 18. The van der Waals surface area contributed by atoms with Gasteiger partial charge in [0.15, 0.2) is 27.0 Å². The molecule has 3 saturated heterocycles. The fraction of sp³-hybridized carbons (Fsp3) is 0.195. The number of aryl methyl sites for hydroxylation is 3. The fourth-order valence-corrected chi connectivity index (χ4v) is 15.7. The lowest BCUT2D eigenvalue weighted by Crippen LogP contribution is -2.44. The molecule has 3 aliphatic rings. The first-order valence-electron chi connectivity index (χ1n) is 37.1. The molecule has 6 aromatic carbocycles. The van der Waals surface area contributed by atoms with E-state index in [2.05, 4.69) is 134 Å². The van der Waals surface area contributed by atoms with E-state index < -0.39 is 35.5 Å². The van der Waals surface area contributed by atoms with Gasteiger partial charge in [0, 0.05) is 187 Å². The van der Waals surface area contributed by atoms with E-state index in [-0.39, 0.29) is 34.3 Å². The van der Waals surface area contributed by atoms with Crippen LogP contribution in [0.5, 0.6) is 34.5 Å². The molecule has 3 aliphatic heterocycles. The van der Waals surface area contributed by atoms with Crippen LogP contribution in [0.15, 0.2) is 201 Å². The average Bonchev–Trinajstić information content (AvgIpc) is 1.69. The predicted molar refractivity (Wildman–Crippen MR) is 450 cm³/mol. The average molecular weight is 1630 g/mol. The molecule has 0 saturated carbocycles. The molecule has 12 heterocycles. The van der Waals surface area contributed by atoms with Gasteiger partial charge in [0.25, 0.3) is 0 Å². The van der Waals surface area contributed by atoms with Crippen LogP contribution < -0.4 is 60.8 Å². The lowest BCUT2D eigenvalue weighted by atomic mass is 10.2. The molecular weight excluding hydrogens is 1560 g/mol. The zero-order valence-corrected chi connectivity index (χ0v) is 65.9. The highest BCUT2D eigenvalue weighted by atomic mass is 32.1. The number of nitrogens with one attached hydrogen (secondary N) is 6. The van der Waals surface area contributed by atoms with Crippen molar-refractivity contribution in [2.45, 2.75) is 12.8 Å². The Morgan fingerprint density at radius 3 is 1.19 bits per heavy atom.